The smallest absolute Gasteiger partial charge is 0.263 e. The first-order valence-electron chi connectivity index (χ1n) is 9.95. The lowest BCUT2D eigenvalue weighted by molar-refractivity contribution is 0.0940. The SMILES string of the molecule is Cc1ccc(C(NC(=O)c2c(C)ccn(C3CC3)c2=O)c2cccnc2)cc1C. The minimum absolute atomic E-state index is 0.213. The van der Waals surface area contributed by atoms with Gasteiger partial charge in [-0.25, -0.2) is 0 Å². The Labute approximate surface area is 170 Å². The fraction of sp³-hybridized carbons (Fsp3) is 0.292. The molecule has 2 heterocycles. The number of aromatic nitrogens is 2. The molecule has 1 atom stereocenters. The Morgan fingerprint density at radius 1 is 1.07 bits per heavy atom. The molecule has 0 aliphatic heterocycles. The molecule has 0 radical (unpaired) electrons. The van der Waals surface area contributed by atoms with Gasteiger partial charge in [-0.2, -0.15) is 0 Å². The summed E-state index contributed by atoms with van der Waals surface area (Å²) in [6, 6.07) is 11.6. The van der Waals surface area contributed by atoms with Crippen LogP contribution in [0.3, 0.4) is 0 Å². The van der Waals surface area contributed by atoms with E-state index in [2.05, 4.69) is 30.2 Å². The molecule has 0 bridgehead atoms. The van der Waals surface area contributed by atoms with Crippen molar-refractivity contribution < 1.29 is 4.79 Å². The molecule has 4 rings (SSSR count). The molecular weight excluding hydrogens is 362 g/mol. The minimum atomic E-state index is -0.385. The maximum absolute atomic E-state index is 13.2. The van der Waals surface area contributed by atoms with Crippen molar-refractivity contribution in [3.8, 4) is 0 Å². The van der Waals surface area contributed by atoms with Crippen LogP contribution in [-0.2, 0) is 0 Å². The lowest BCUT2D eigenvalue weighted by Crippen LogP contribution is -2.36. The number of amides is 1. The number of pyridine rings is 2. The maximum Gasteiger partial charge on any atom is 0.263 e. The molecule has 1 aliphatic rings. The Morgan fingerprint density at radius 3 is 2.52 bits per heavy atom. The second-order valence-corrected chi connectivity index (χ2v) is 7.85. The van der Waals surface area contributed by atoms with Gasteiger partial charge >= 0.3 is 0 Å². The molecule has 2 aromatic heterocycles. The summed E-state index contributed by atoms with van der Waals surface area (Å²) in [5, 5.41) is 3.09. The van der Waals surface area contributed by atoms with Crippen molar-refractivity contribution in [3.05, 3.63) is 98.7 Å². The maximum atomic E-state index is 13.2. The third kappa shape index (κ3) is 3.86. The Bertz CT molecular complexity index is 1110. The van der Waals surface area contributed by atoms with E-state index in [1.165, 1.54) is 5.56 Å². The van der Waals surface area contributed by atoms with Crippen LogP contribution < -0.4 is 10.9 Å². The molecule has 5 nitrogen and oxygen atoms in total. The Hall–Kier alpha value is -3.21. The second kappa shape index (κ2) is 7.66. The van der Waals surface area contributed by atoms with Crippen molar-refractivity contribution in [1.82, 2.24) is 14.9 Å². The van der Waals surface area contributed by atoms with E-state index in [4.69, 9.17) is 0 Å². The van der Waals surface area contributed by atoms with Crippen LogP contribution in [0.15, 0.2) is 59.8 Å². The van der Waals surface area contributed by atoms with E-state index in [0.717, 1.165) is 29.5 Å². The van der Waals surface area contributed by atoms with Crippen molar-refractivity contribution in [2.24, 2.45) is 0 Å². The van der Waals surface area contributed by atoms with E-state index < -0.39 is 0 Å². The zero-order valence-corrected chi connectivity index (χ0v) is 17.0. The summed E-state index contributed by atoms with van der Waals surface area (Å²) >= 11 is 0. The summed E-state index contributed by atoms with van der Waals surface area (Å²) in [6.45, 7) is 5.92. The number of hydrogen-bond acceptors (Lipinski definition) is 3. The summed E-state index contributed by atoms with van der Waals surface area (Å²) in [4.78, 5) is 30.4. The fourth-order valence-electron chi connectivity index (χ4n) is 3.61. The molecule has 29 heavy (non-hydrogen) atoms. The highest BCUT2D eigenvalue weighted by Gasteiger charge is 2.28. The van der Waals surface area contributed by atoms with Crippen molar-refractivity contribution in [1.29, 1.82) is 0 Å². The van der Waals surface area contributed by atoms with Crippen LogP contribution in [0.1, 0.15) is 63.1 Å². The van der Waals surface area contributed by atoms with Gasteiger partial charge in [-0.3, -0.25) is 14.6 Å². The average molecular weight is 387 g/mol. The van der Waals surface area contributed by atoms with Crippen molar-refractivity contribution in [2.45, 2.75) is 45.7 Å². The quantitative estimate of drug-likeness (QED) is 0.719. The van der Waals surface area contributed by atoms with Crippen LogP contribution in [0.2, 0.25) is 0 Å². The lowest BCUT2D eigenvalue weighted by Gasteiger charge is -2.21. The van der Waals surface area contributed by atoms with Crippen LogP contribution >= 0.6 is 0 Å². The molecule has 1 unspecified atom stereocenters. The van der Waals surface area contributed by atoms with Gasteiger partial charge in [0.15, 0.2) is 0 Å². The molecule has 1 saturated carbocycles. The van der Waals surface area contributed by atoms with Gasteiger partial charge in [0, 0.05) is 24.6 Å². The Kier molecular flexibility index (Phi) is 5.05. The van der Waals surface area contributed by atoms with E-state index in [1.54, 1.807) is 23.2 Å². The second-order valence-electron chi connectivity index (χ2n) is 7.85. The molecule has 1 N–H and O–H groups in total. The molecule has 1 amide bonds. The van der Waals surface area contributed by atoms with Crippen molar-refractivity contribution in [3.63, 3.8) is 0 Å². The topological polar surface area (TPSA) is 64.0 Å². The summed E-state index contributed by atoms with van der Waals surface area (Å²) in [7, 11) is 0. The number of carbonyl (C=O) groups excluding carboxylic acids is 1. The number of benzene rings is 1. The number of aryl methyl sites for hydroxylation is 3. The van der Waals surface area contributed by atoms with Gasteiger partial charge in [0.2, 0.25) is 0 Å². The van der Waals surface area contributed by atoms with Gasteiger partial charge in [-0.1, -0.05) is 24.3 Å². The van der Waals surface area contributed by atoms with Crippen LogP contribution in [-0.4, -0.2) is 15.5 Å². The summed E-state index contributed by atoms with van der Waals surface area (Å²) in [5.74, 6) is -0.352. The summed E-state index contributed by atoms with van der Waals surface area (Å²) in [6.07, 6.45) is 7.24. The third-order valence-corrected chi connectivity index (χ3v) is 5.65. The van der Waals surface area contributed by atoms with Gasteiger partial charge in [0.1, 0.15) is 5.56 Å². The van der Waals surface area contributed by atoms with Crippen LogP contribution in [0, 0.1) is 20.8 Å². The van der Waals surface area contributed by atoms with E-state index in [1.807, 2.05) is 37.3 Å². The molecule has 0 saturated heterocycles. The largest absolute Gasteiger partial charge is 0.341 e. The predicted octanol–water partition coefficient (Wildman–Crippen LogP) is 4.02. The van der Waals surface area contributed by atoms with Gasteiger partial charge in [-0.05, 0) is 73.6 Å². The first kappa shape index (κ1) is 19.1. The molecule has 1 aliphatic carbocycles. The molecular formula is C24H25N3O2. The molecule has 3 aromatic rings. The zero-order chi connectivity index (χ0) is 20.5. The number of rotatable bonds is 5. The first-order chi connectivity index (χ1) is 14.0. The van der Waals surface area contributed by atoms with E-state index in [0.29, 0.717) is 5.56 Å². The van der Waals surface area contributed by atoms with Gasteiger partial charge in [-0.15, -0.1) is 0 Å². The molecule has 0 spiro atoms. The molecule has 148 valence electrons. The average Bonchev–Trinajstić information content (AvgIpc) is 3.54. The van der Waals surface area contributed by atoms with E-state index in [-0.39, 0.29) is 29.1 Å². The Morgan fingerprint density at radius 2 is 1.86 bits per heavy atom. The van der Waals surface area contributed by atoms with E-state index >= 15 is 0 Å². The van der Waals surface area contributed by atoms with E-state index in [9.17, 15) is 9.59 Å². The molecule has 5 heteroatoms. The monoisotopic (exact) mass is 387 g/mol. The minimum Gasteiger partial charge on any atom is -0.341 e. The van der Waals surface area contributed by atoms with Gasteiger partial charge in [0.25, 0.3) is 11.5 Å². The number of nitrogens with zero attached hydrogens (tertiary/aromatic N) is 2. The first-order valence-corrected chi connectivity index (χ1v) is 9.95. The lowest BCUT2D eigenvalue weighted by atomic mass is 9.96. The normalized spacial score (nSPS) is 14.4. The van der Waals surface area contributed by atoms with Gasteiger partial charge < -0.3 is 9.88 Å². The number of hydrogen-bond donors (Lipinski definition) is 1. The highest BCUT2D eigenvalue weighted by Crippen LogP contribution is 2.33. The number of carbonyl (C=O) groups is 1. The third-order valence-electron chi connectivity index (χ3n) is 5.65. The highest BCUT2D eigenvalue weighted by molar-refractivity contribution is 5.95. The molecule has 1 fully saturated rings. The Balaban J connectivity index is 1.73. The molecule has 1 aromatic carbocycles. The van der Waals surface area contributed by atoms with Crippen LogP contribution in [0.25, 0.3) is 0 Å². The van der Waals surface area contributed by atoms with Crippen LogP contribution in [0.4, 0.5) is 0 Å². The summed E-state index contributed by atoms with van der Waals surface area (Å²) < 4.78 is 1.69. The van der Waals surface area contributed by atoms with Gasteiger partial charge in [0.05, 0.1) is 6.04 Å². The predicted molar refractivity (Wildman–Crippen MR) is 113 cm³/mol. The zero-order valence-electron chi connectivity index (χ0n) is 17.0. The van der Waals surface area contributed by atoms with Crippen LogP contribution in [0.5, 0.6) is 0 Å². The van der Waals surface area contributed by atoms with Crippen molar-refractivity contribution >= 4 is 5.91 Å². The standard InChI is InChI=1S/C24H25N3O2/c1-15-6-7-18(13-17(15)3)22(19-5-4-11-25-14-19)26-23(28)21-16(2)10-12-27(24(21)29)20-8-9-20/h4-7,10-14,20,22H,8-9H2,1-3H3,(H,26,28). The fourth-order valence-corrected chi connectivity index (χ4v) is 3.61. The summed E-state index contributed by atoms with van der Waals surface area (Å²) in [5.41, 5.74) is 4.88. The highest BCUT2D eigenvalue weighted by atomic mass is 16.2. The number of nitrogens with one attached hydrogen (secondary N) is 1. The van der Waals surface area contributed by atoms with Crippen molar-refractivity contribution in [2.75, 3.05) is 0 Å².